The summed E-state index contributed by atoms with van der Waals surface area (Å²) in [5, 5.41) is 10.7. The molecule has 20 heavy (non-hydrogen) atoms. The molecule has 6 nitrogen and oxygen atoms in total. The fourth-order valence-corrected chi connectivity index (χ4v) is 2.19. The van der Waals surface area contributed by atoms with Gasteiger partial charge in [-0.2, -0.15) is 4.39 Å². The highest BCUT2D eigenvalue weighted by Crippen LogP contribution is 2.24. The lowest BCUT2D eigenvalue weighted by atomic mass is 10.1. The summed E-state index contributed by atoms with van der Waals surface area (Å²) in [6, 6.07) is 2.88. The Morgan fingerprint density at radius 3 is 2.80 bits per heavy atom. The predicted octanol–water partition coefficient (Wildman–Crippen LogP) is 2.13. The Kier molecular flexibility index (Phi) is 3.78. The minimum Gasteiger partial charge on any atom is -0.278 e. The molecule has 2 rings (SSSR count). The maximum atomic E-state index is 13.2. The number of amides is 2. The summed E-state index contributed by atoms with van der Waals surface area (Å²) in [6.07, 6.45) is 1.07. The summed E-state index contributed by atoms with van der Waals surface area (Å²) >= 11 is 0. The Morgan fingerprint density at radius 2 is 2.25 bits per heavy atom. The molecule has 0 bridgehead atoms. The van der Waals surface area contributed by atoms with Crippen molar-refractivity contribution in [1.29, 1.82) is 0 Å². The van der Waals surface area contributed by atoms with Gasteiger partial charge in [0.25, 0.3) is 5.91 Å². The van der Waals surface area contributed by atoms with Crippen LogP contribution in [0.5, 0.6) is 0 Å². The monoisotopic (exact) mass is 280 g/mol. The molecule has 0 saturated carbocycles. The minimum absolute atomic E-state index is 0.0526. The highest BCUT2D eigenvalue weighted by Gasteiger charge is 2.34. The van der Waals surface area contributed by atoms with Crippen LogP contribution in [0, 0.1) is 21.8 Å². The second-order valence-electron chi connectivity index (χ2n) is 4.71. The van der Waals surface area contributed by atoms with Gasteiger partial charge in [-0.3, -0.25) is 24.6 Å². The van der Waals surface area contributed by atoms with E-state index in [0.29, 0.717) is 13.0 Å². The van der Waals surface area contributed by atoms with Crippen molar-refractivity contribution in [3.05, 3.63) is 39.7 Å². The van der Waals surface area contributed by atoms with E-state index in [9.17, 15) is 24.1 Å². The first-order chi connectivity index (χ1) is 9.43. The highest BCUT2D eigenvalue weighted by molar-refractivity contribution is 6.06. The molecule has 0 spiro atoms. The number of hydrogen-bond acceptors (Lipinski definition) is 4. The summed E-state index contributed by atoms with van der Waals surface area (Å²) < 4.78 is 13.2. The van der Waals surface area contributed by atoms with E-state index in [1.54, 1.807) is 0 Å². The second-order valence-corrected chi connectivity index (χ2v) is 4.71. The minimum atomic E-state index is -1.01. The SMILES string of the molecule is CCC1CC(=O)N(C(=O)c2ccc(F)c([N+](=O)[O-])c2)C1. The largest absolute Gasteiger partial charge is 0.305 e. The van der Waals surface area contributed by atoms with E-state index in [4.69, 9.17) is 0 Å². The van der Waals surface area contributed by atoms with Gasteiger partial charge in [-0.1, -0.05) is 13.3 Å². The van der Waals surface area contributed by atoms with Gasteiger partial charge in [-0.25, -0.2) is 0 Å². The third-order valence-electron chi connectivity index (χ3n) is 3.42. The molecule has 1 aliphatic rings. The number of halogens is 1. The normalized spacial score (nSPS) is 18.4. The van der Waals surface area contributed by atoms with Crippen LogP contribution in [0.3, 0.4) is 0 Å². The van der Waals surface area contributed by atoms with Crippen LogP contribution >= 0.6 is 0 Å². The molecule has 106 valence electrons. The fourth-order valence-electron chi connectivity index (χ4n) is 2.19. The number of carbonyl (C=O) groups is 2. The zero-order valence-electron chi connectivity index (χ0n) is 10.8. The summed E-state index contributed by atoms with van der Waals surface area (Å²) in [5.41, 5.74) is -0.822. The molecule has 2 amide bonds. The Labute approximate surface area is 114 Å². The number of nitro benzene ring substituents is 1. The number of likely N-dealkylation sites (tertiary alicyclic amines) is 1. The molecule has 1 fully saturated rings. The second kappa shape index (κ2) is 5.36. The predicted molar refractivity (Wildman–Crippen MR) is 67.5 cm³/mol. The molecule has 1 unspecified atom stereocenters. The smallest absolute Gasteiger partial charge is 0.278 e. The molecular formula is C13H13FN2O4. The van der Waals surface area contributed by atoms with Crippen molar-refractivity contribution in [1.82, 2.24) is 4.90 Å². The number of nitrogens with zero attached hydrogens (tertiary/aromatic N) is 2. The van der Waals surface area contributed by atoms with Crippen LogP contribution < -0.4 is 0 Å². The van der Waals surface area contributed by atoms with Crippen molar-refractivity contribution in [3.8, 4) is 0 Å². The number of nitro groups is 1. The van der Waals surface area contributed by atoms with Crippen molar-refractivity contribution in [2.45, 2.75) is 19.8 Å². The van der Waals surface area contributed by atoms with Gasteiger partial charge in [0, 0.05) is 24.6 Å². The summed E-state index contributed by atoms with van der Waals surface area (Å²) in [6.45, 7) is 2.23. The lowest BCUT2D eigenvalue weighted by molar-refractivity contribution is -0.387. The van der Waals surface area contributed by atoms with Crippen molar-refractivity contribution in [2.75, 3.05) is 6.54 Å². The standard InChI is InChI=1S/C13H13FN2O4/c1-2-8-5-12(17)15(7-8)13(18)9-3-4-10(14)11(6-9)16(19)20/h3-4,6,8H,2,5,7H2,1H3. The van der Waals surface area contributed by atoms with Crippen LogP contribution in [0.1, 0.15) is 30.1 Å². The van der Waals surface area contributed by atoms with Gasteiger partial charge in [0.15, 0.2) is 0 Å². The third-order valence-corrected chi connectivity index (χ3v) is 3.42. The van der Waals surface area contributed by atoms with Gasteiger partial charge in [-0.05, 0) is 18.1 Å². The van der Waals surface area contributed by atoms with Gasteiger partial charge < -0.3 is 0 Å². The van der Waals surface area contributed by atoms with Gasteiger partial charge in [0.2, 0.25) is 11.7 Å². The van der Waals surface area contributed by atoms with E-state index in [2.05, 4.69) is 0 Å². The first kappa shape index (κ1) is 14.1. The summed E-state index contributed by atoms with van der Waals surface area (Å²) in [7, 11) is 0. The first-order valence-electron chi connectivity index (χ1n) is 6.22. The van der Waals surface area contributed by atoms with Crippen molar-refractivity contribution >= 4 is 17.5 Å². The van der Waals surface area contributed by atoms with E-state index in [1.807, 2.05) is 6.92 Å². The van der Waals surface area contributed by atoms with Crippen LogP contribution in [0.4, 0.5) is 10.1 Å². The Bertz CT molecular complexity index is 588. The average Bonchev–Trinajstić information content (AvgIpc) is 2.79. The topological polar surface area (TPSA) is 80.5 Å². The molecular weight excluding hydrogens is 267 g/mol. The van der Waals surface area contributed by atoms with Crippen LogP contribution in [0.2, 0.25) is 0 Å². The quantitative estimate of drug-likeness (QED) is 0.482. The Morgan fingerprint density at radius 1 is 1.55 bits per heavy atom. The van der Waals surface area contributed by atoms with Gasteiger partial charge in [-0.15, -0.1) is 0 Å². The van der Waals surface area contributed by atoms with Crippen LogP contribution in [-0.2, 0) is 4.79 Å². The molecule has 0 N–H and O–H groups in total. The molecule has 1 atom stereocenters. The molecule has 1 aromatic carbocycles. The number of carbonyl (C=O) groups excluding carboxylic acids is 2. The molecule has 1 aliphatic heterocycles. The lowest BCUT2D eigenvalue weighted by Crippen LogP contribution is -2.32. The number of hydrogen-bond donors (Lipinski definition) is 0. The summed E-state index contributed by atoms with van der Waals surface area (Å²) in [4.78, 5) is 34.7. The molecule has 0 radical (unpaired) electrons. The van der Waals surface area contributed by atoms with Crippen LogP contribution in [0.25, 0.3) is 0 Å². The fraction of sp³-hybridized carbons (Fsp3) is 0.385. The Balaban J connectivity index is 2.28. The van der Waals surface area contributed by atoms with Crippen molar-refractivity contribution in [2.24, 2.45) is 5.92 Å². The van der Waals surface area contributed by atoms with E-state index < -0.39 is 22.3 Å². The average molecular weight is 280 g/mol. The number of imide groups is 1. The van der Waals surface area contributed by atoms with E-state index in [1.165, 1.54) is 0 Å². The maximum absolute atomic E-state index is 13.2. The zero-order chi connectivity index (χ0) is 14.9. The molecule has 0 aliphatic carbocycles. The Hall–Kier alpha value is -2.31. The number of benzene rings is 1. The molecule has 1 saturated heterocycles. The third kappa shape index (κ3) is 2.52. The first-order valence-corrected chi connectivity index (χ1v) is 6.22. The van der Waals surface area contributed by atoms with Gasteiger partial charge in [0.1, 0.15) is 0 Å². The molecule has 0 aromatic heterocycles. The molecule has 7 heteroatoms. The lowest BCUT2D eigenvalue weighted by Gasteiger charge is -2.14. The van der Waals surface area contributed by atoms with Crippen molar-refractivity contribution in [3.63, 3.8) is 0 Å². The van der Waals surface area contributed by atoms with Gasteiger partial charge >= 0.3 is 5.69 Å². The highest BCUT2D eigenvalue weighted by atomic mass is 19.1. The summed E-state index contributed by atoms with van der Waals surface area (Å²) in [5.74, 6) is -1.81. The van der Waals surface area contributed by atoms with E-state index in [0.717, 1.165) is 29.5 Å². The maximum Gasteiger partial charge on any atom is 0.305 e. The van der Waals surface area contributed by atoms with E-state index >= 15 is 0 Å². The zero-order valence-corrected chi connectivity index (χ0v) is 10.8. The van der Waals surface area contributed by atoms with Crippen LogP contribution in [-0.4, -0.2) is 28.2 Å². The number of rotatable bonds is 3. The van der Waals surface area contributed by atoms with E-state index in [-0.39, 0.29) is 17.4 Å². The van der Waals surface area contributed by atoms with Crippen LogP contribution in [0.15, 0.2) is 18.2 Å². The van der Waals surface area contributed by atoms with Crippen molar-refractivity contribution < 1.29 is 18.9 Å². The van der Waals surface area contributed by atoms with Gasteiger partial charge in [0.05, 0.1) is 4.92 Å². The molecule has 1 heterocycles. The molecule has 1 aromatic rings.